The van der Waals surface area contributed by atoms with E-state index in [1.54, 1.807) is 7.11 Å². The average Bonchev–Trinajstić information content (AvgIpc) is 2.98. The third kappa shape index (κ3) is 3.46. The Morgan fingerprint density at radius 1 is 1.08 bits per heavy atom. The molecule has 0 amide bonds. The second-order valence-corrected chi connectivity index (χ2v) is 8.72. The molecule has 2 fully saturated rings. The van der Waals surface area contributed by atoms with Crippen molar-refractivity contribution in [1.29, 1.82) is 0 Å². The van der Waals surface area contributed by atoms with Crippen molar-refractivity contribution in [1.82, 2.24) is 4.90 Å². The Morgan fingerprint density at radius 2 is 1.81 bits per heavy atom. The molecule has 26 heavy (non-hydrogen) atoms. The number of rotatable bonds is 9. The van der Waals surface area contributed by atoms with Gasteiger partial charge in [0.05, 0.1) is 20.3 Å². The van der Waals surface area contributed by atoms with Crippen LogP contribution < -0.4 is 9.47 Å². The lowest BCUT2D eigenvalue weighted by Gasteiger charge is -2.43. The van der Waals surface area contributed by atoms with E-state index in [9.17, 15) is 0 Å². The molecule has 1 aromatic carbocycles. The van der Waals surface area contributed by atoms with Crippen molar-refractivity contribution < 1.29 is 14.2 Å². The van der Waals surface area contributed by atoms with Gasteiger partial charge in [0, 0.05) is 12.6 Å². The summed E-state index contributed by atoms with van der Waals surface area (Å²) in [6.07, 6.45) is 4.12. The van der Waals surface area contributed by atoms with Crippen molar-refractivity contribution in [3.05, 3.63) is 24.3 Å². The van der Waals surface area contributed by atoms with Crippen LogP contribution in [0.3, 0.4) is 0 Å². The van der Waals surface area contributed by atoms with E-state index >= 15 is 0 Å². The number of likely N-dealkylation sites (N-methyl/N-ethyl adjacent to an activating group) is 1. The van der Waals surface area contributed by atoms with Crippen LogP contribution in [0.1, 0.15) is 40.0 Å². The van der Waals surface area contributed by atoms with E-state index in [4.69, 9.17) is 14.2 Å². The highest BCUT2D eigenvalue weighted by molar-refractivity contribution is 5.39. The van der Waals surface area contributed by atoms with Crippen LogP contribution in [0, 0.1) is 16.7 Å². The summed E-state index contributed by atoms with van der Waals surface area (Å²) in [5.41, 5.74) is 0.911. The molecule has 2 saturated carbocycles. The van der Waals surface area contributed by atoms with Crippen molar-refractivity contribution in [3.63, 3.8) is 0 Å². The van der Waals surface area contributed by atoms with E-state index in [1.165, 1.54) is 19.3 Å². The highest BCUT2D eigenvalue weighted by Gasteiger charge is 2.61. The normalized spacial score (nSPS) is 29.3. The summed E-state index contributed by atoms with van der Waals surface area (Å²) in [6.45, 7) is 10.3. The van der Waals surface area contributed by atoms with Gasteiger partial charge in [-0.25, -0.2) is 0 Å². The maximum atomic E-state index is 5.82. The minimum Gasteiger partial charge on any atom is -0.493 e. The molecule has 4 nitrogen and oxygen atoms in total. The van der Waals surface area contributed by atoms with Crippen LogP contribution in [0.5, 0.6) is 11.5 Å². The molecule has 146 valence electrons. The fraction of sp³-hybridized carbons (Fsp3) is 0.727. The summed E-state index contributed by atoms with van der Waals surface area (Å²) >= 11 is 0. The lowest BCUT2D eigenvalue weighted by Crippen LogP contribution is -2.46. The zero-order valence-electron chi connectivity index (χ0n) is 17.1. The molecule has 0 heterocycles. The molecule has 4 heteroatoms. The van der Waals surface area contributed by atoms with Gasteiger partial charge in [0.1, 0.15) is 6.61 Å². The second kappa shape index (κ2) is 7.77. The highest BCUT2D eigenvalue weighted by Crippen LogP contribution is 2.66. The Hall–Kier alpha value is -1.26. The summed E-state index contributed by atoms with van der Waals surface area (Å²) in [6, 6.07) is 8.40. The van der Waals surface area contributed by atoms with E-state index in [0.29, 0.717) is 30.1 Å². The smallest absolute Gasteiger partial charge is 0.161 e. The van der Waals surface area contributed by atoms with Crippen molar-refractivity contribution in [2.24, 2.45) is 16.7 Å². The van der Waals surface area contributed by atoms with E-state index in [2.05, 4.69) is 32.7 Å². The van der Waals surface area contributed by atoms with Crippen LogP contribution in [-0.2, 0) is 4.74 Å². The van der Waals surface area contributed by atoms with Crippen LogP contribution in [0.2, 0.25) is 0 Å². The second-order valence-electron chi connectivity index (χ2n) is 8.72. The molecule has 0 aromatic heterocycles. The summed E-state index contributed by atoms with van der Waals surface area (Å²) < 4.78 is 16.9. The Bertz CT molecular complexity index is 603. The van der Waals surface area contributed by atoms with E-state index in [1.807, 2.05) is 24.3 Å². The Kier molecular flexibility index (Phi) is 5.83. The van der Waals surface area contributed by atoms with Crippen molar-refractivity contribution >= 4 is 0 Å². The van der Waals surface area contributed by atoms with Gasteiger partial charge in [0.2, 0.25) is 0 Å². The molecule has 2 aliphatic carbocycles. The Labute approximate surface area is 158 Å². The molecule has 0 N–H and O–H groups in total. The number of para-hydroxylation sites is 2. The quantitative estimate of drug-likeness (QED) is 0.616. The molecule has 3 rings (SSSR count). The monoisotopic (exact) mass is 361 g/mol. The standard InChI is InChI=1S/C22H35NO3/c1-21(2)17-10-11-22(21,3)20(16-17)23(4)12-13-25-14-15-26-19-9-7-6-8-18(19)24-5/h6-9,17,20H,10-16H2,1-5H3. The number of hydrogen-bond donors (Lipinski definition) is 0. The first-order valence-corrected chi connectivity index (χ1v) is 9.94. The molecule has 3 unspecified atom stereocenters. The largest absolute Gasteiger partial charge is 0.493 e. The predicted octanol–water partition coefficient (Wildman–Crippen LogP) is 4.24. The number of nitrogens with zero attached hydrogens (tertiary/aromatic N) is 1. The highest BCUT2D eigenvalue weighted by atomic mass is 16.5. The van der Waals surface area contributed by atoms with Crippen LogP contribution in [-0.4, -0.2) is 51.5 Å². The molecule has 3 atom stereocenters. The predicted molar refractivity (Wildman–Crippen MR) is 105 cm³/mol. The Balaban J connectivity index is 1.37. The van der Waals surface area contributed by atoms with Gasteiger partial charge < -0.3 is 19.1 Å². The van der Waals surface area contributed by atoms with Crippen LogP contribution in [0.25, 0.3) is 0 Å². The van der Waals surface area contributed by atoms with Crippen LogP contribution in [0.15, 0.2) is 24.3 Å². The molecule has 1 aromatic rings. The van der Waals surface area contributed by atoms with Gasteiger partial charge in [-0.05, 0) is 55.2 Å². The SMILES string of the molecule is COc1ccccc1OCCOCCN(C)C1CC2CCC1(C)C2(C)C. The summed E-state index contributed by atoms with van der Waals surface area (Å²) in [4.78, 5) is 2.53. The van der Waals surface area contributed by atoms with Gasteiger partial charge >= 0.3 is 0 Å². The first-order valence-electron chi connectivity index (χ1n) is 9.94. The van der Waals surface area contributed by atoms with Crippen molar-refractivity contribution in [2.45, 2.75) is 46.1 Å². The van der Waals surface area contributed by atoms with Gasteiger partial charge in [-0.15, -0.1) is 0 Å². The van der Waals surface area contributed by atoms with E-state index in [-0.39, 0.29) is 0 Å². The third-order valence-electron chi connectivity index (χ3n) is 7.42. The first kappa shape index (κ1) is 19.5. The van der Waals surface area contributed by atoms with Crippen LogP contribution >= 0.6 is 0 Å². The summed E-state index contributed by atoms with van der Waals surface area (Å²) in [5.74, 6) is 2.42. The van der Waals surface area contributed by atoms with Crippen molar-refractivity contribution in [3.8, 4) is 11.5 Å². The maximum Gasteiger partial charge on any atom is 0.161 e. The van der Waals surface area contributed by atoms with Gasteiger partial charge in [0.25, 0.3) is 0 Å². The fourth-order valence-electron chi connectivity index (χ4n) is 5.24. The van der Waals surface area contributed by atoms with Crippen molar-refractivity contribution in [2.75, 3.05) is 40.5 Å². The maximum absolute atomic E-state index is 5.82. The minimum atomic E-state index is 0.444. The lowest BCUT2D eigenvalue weighted by atomic mass is 9.69. The van der Waals surface area contributed by atoms with Gasteiger partial charge in [-0.2, -0.15) is 0 Å². The Morgan fingerprint density at radius 3 is 2.42 bits per heavy atom. The zero-order chi connectivity index (χ0) is 18.8. The summed E-state index contributed by atoms with van der Waals surface area (Å²) in [5, 5.41) is 0. The topological polar surface area (TPSA) is 30.9 Å². The molecule has 0 radical (unpaired) electrons. The van der Waals surface area contributed by atoms with Crippen LogP contribution in [0.4, 0.5) is 0 Å². The van der Waals surface area contributed by atoms with Gasteiger partial charge in [-0.3, -0.25) is 0 Å². The zero-order valence-corrected chi connectivity index (χ0v) is 17.1. The molecule has 0 aliphatic heterocycles. The molecule has 0 saturated heterocycles. The van der Waals surface area contributed by atoms with E-state index < -0.39 is 0 Å². The van der Waals surface area contributed by atoms with E-state index in [0.717, 1.165) is 30.6 Å². The lowest BCUT2D eigenvalue weighted by molar-refractivity contribution is 0.0300. The fourth-order valence-corrected chi connectivity index (χ4v) is 5.24. The number of benzene rings is 1. The molecular formula is C22H35NO3. The number of hydrogen-bond acceptors (Lipinski definition) is 4. The molecule has 0 spiro atoms. The average molecular weight is 362 g/mol. The number of fused-ring (bicyclic) bond motifs is 2. The van der Waals surface area contributed by atoms with Gasteiger partial charge in [-0.1, -0.05) is 32.9 Å². The van der Waals surface area contributed by atoms with Gasteiger partial charge in [0.15, 0.2) is 11.5 Å². The first-order chi connectivity index (χ1) is 12.4. The molecule has 2 bridgehead atoms. The molecular weight excluding hydrogens is 326 g/mol. The molecule has 2 aliphatic rings. The minimum absolute atomic E-state index is 0.444. The number of methoxy groups -OCH3 is 1. The summed E-state index contributed by atoms with van der Waals surface area (Å²) in [7, 11) is 3.92. The number of ether oxygens (including phenoxy) is 3. The third-order valence-corrected chi connectivity index (χ3v) is 7.42.